The van der Waals surface area contributed by atoms with Crippen LogP contribution in [0.15, 0.2) is 12.1 Å². The van der Waals surface area contributed by atoms with Gasteiger partial charge in [-0.1, -0.05) is 25.4 Å². The van der Waals surface area contributed by atoms with E-state index >= 15 is 0 Å². The molecule has 1 N–H and O–H groups in total. The SMILES string of the molecule is CC(C)C(=O)NCCN(C=O)Cc1ccc(Cl)s1. The van der Waals surface area contributed by atoms with Gasteiger partial charge in [0.25, 0.3) is 0 Å². The standard InChI is InChI=1S/C12H17ClN2O2S/c1-9(2)12(17)14-5-6-15(8-16)7-10-3-4-11(13)18-10/h3-4,8-9H,5-7H2,1-2H3,(H,14,17). The summed E-state index contributed by atoms with van der Waals surface area (Å²) < 4.78 is 0.712. The number of rotatable bonds is 7. The summed E-state index contributed by atoms with van der Waals surface area (Å²) in [7, 11) is 0. The number of hydrogen-bond acceptors (Lipinski definition) is 3. The van der Waals surface area contributed by atoms with Gasteiger partial charge in [-0.25, -0.2) is 0 Å². The van der Waals surface area contributed by atoms with Crippen LogP contribution in [-0.4, -0.2) is 30.3 Å². The van der Waals surface area contributed by atoms with Crippen molar-refractivity contribution in [2.24, 2.45) is 5.92 Å². The van der Waals surface area contributed by atoms with E-state index < -0.39 is 0 Å². The van der Waals surface area contributed by atoms with E-state index in [-0.39, 0.29) is 11.8 Å². The van der Waals surface area contributed by atoms with Crippen LogP contribution in [0, 0.1) is 5.92 Å². The monoisotopic (exact) mass is 288 g/mol. The normalized spacial score (nSPS) is 10.4. The van der Waals surface area contributed by atoms with Crippen LogP contribution >= 0.6 is 22.9 Å². The molecular formula is C12H17ClN2O2S. The van der Waals surface area contributed by atoms with Crippen LogP contribution in [0.5, 0.6) is 0 Å². The topological polar surface area (TPSA) is 49.4 Å². The van der Waals surface area contributed by atoms with Gasteiger partial charge in [0.1, 0.15) is 0 Å². The summed E-state index contributed by atoms with van der Waals surface area (Å²) in [4.78, 5) is 24.9. The van der Waals surface area contributed by atoms with Crippen LogP contribution in [0.25, 0.3) is 0 Å². The minimum Gasteiger partial charge on any atom is -0.354 e. The van der Waals surface area contributed by atoms with Crippen molar-refractivity contribution in [2.45, 2.75) is 20.4 Å². The fourth-order valence-electron chi connectivity index (χ4n) is 1.33. The van der Waals surface area contributed by atoms with Crippen molar-refractivity contribution in [2.75, 3.05) is 13.1 Å². The molecule has 0 saturated carbocycles. The van der Waals surface area contributed by atoms with Gasteiger partial charge in [-0.05, 0) is 12.1 Å². The molecule has 1 heterocycles. The van der Waals surface area contributed by atoms with E-state index in [9.17, 15) is 9.59 Å². The number of nitrogens with one attached hydrogen (secondary N) is 1. The highest BCUT2D eigenvalue weighted by Crippen LogP contribution is 2.22. The Kier molecular flexibility index (Phi) is 6.15. The van der Waals surface area contributed by atoms with Crippen LogP contribution in [0.1, 0.15) is 18.7 Å². The van der Waals surface area contributed by atoms with E-state index in [4.69, 9.17) is 11.6 Å². The summed E-state index contributed by atoms with van der Waals surface area (Å²) in [6, 6.07) is 3.71. The van der Waals surface area contributed by atoms with Gasteiger partial charge in [0.05, 0.1) is 10.9 Å². The van der Waals surface area contributed by atoms with Crippen molar-refractivity contribution < 1.29 is 9.59 Å². The van der Waals surface area contributed by atoms with E-state index in [0.717, 1.165) is 11.3 Å². The second kappa shape index (κ2) is 7.38. The van der Waals surface area contributed by atoms with E-state index in [1.54, 1.807) is 4.90 Å². The second-order valence-corrected chi connectivity index (χ2v) is 6.03. The number of thiophene rings is 1. The molecule has 0 radical (unpaired) electrons. The molecule has 1 rings (SSSR count). The van der Waals surface area contributed by atoms with Crippen LogP contribution in [0.4, 0.5) is 0 Å². The average Bonchev–Trinajstić information content (AvgIpc) is 2.73. The zero-order valence-electron chi connectivity index (χ0n) is 10.5. The molecule has 0 aromatic carbocycles. The molecular weight excluding hydrogens is 272 g/mol. The van der Waals surface area contributed by atoms with Crippen molar-refractivity contribution >= 4 is 35.3 Å². The number of halogens is 1. The zero-order valence-corrected chi connectivity index (χ0v) is 12.1. The minimum absolute atomic E-state index is 0.0000158. The van der Waals surface area contributed by atoms with Gasteiger partial charge in [-0.3, -0.25) is 9.59 Å². The first-order valence-electron chi connectivity index (χ1n) is 5.74. The van der Waals surface area contributed by atoms with Gasteiger partial charge in [0.2, 0.25) is 12.3 Å². The van der Waals surface area contributed by atoms with Gasteiger partial charge < -0.3 is 10.2 Å². The molecule has 0 aliphatic carbocycles. The van der Waals surface area contributed by atoms with Gasteiger partial charge in [0, 0.05) is 23.9 Å². The fraction of sp³-hybridized carbons (Fsp3) is 0.500. The maximum absolute atomic E-state index is 11.3. The molecule has 100 valence electrons. The molecule has 18 heavy (non-hydrogen) atoms. The quantitative estimate of drug-likeness (QED) is 0.782. The van der Waals surface area contributed by atoms with Crippen molar-refractivity contribution in [3.05, 3.63) is 21.3 Å². The highest BCUT2D eigenvalue weighted by molar-refractivity contribution is 7.16. The largest absolute Gasteiger partial charge is 0.354 e. The lowest BCUT2D eigenvalue weighted by Crippen LogP contribution is -2.35. The van der Waals surface area contributed by atoms with Gasteiger partial charge in [0.15, 0.2) is 0 Å². The first kappa shape index (κ1) is 15.0. The highest BCUT2D eigenvalue weighted by Gasteiger charge is 2.08. The van der Waals surface area contributed by atoms with Gasteiger partial charge in [-0.2, -0.15) is 0 Å². The lowest BCUT2D eigenvalue weighted by Gasteiger charge is -2.17. The number of amides is 2. The summed E-state index contributed by atoms with van der Waals surface area (Å²) >= 11 is 7.28. The zero-order chi connectivity index (χ0) is 13.5. The predicted octanol–water partition coefficient (Wildman–Crippen LogP) is 2.13. The number of hydrogen-bond donors (Lipinski definition) is 1. The molecule has 4 nitrogen and oxygen atoms in total. The van der Waals surface area contributed by atoms with Crippen molar-refractivity contribution in [3.63, 3.8) is 0 Å². The Balaban J connectivity index is 2.34. The summed E-state index contributed by atoms with van der Waals surface area (Å²) in [5.41, 5.74) is 0. The molecule has 0 fully saturated rings. The van der Waals surface area contributed by atoms with Crippen molar-refractivity contribution in [1.29, 1.82) is 0 Å². The Morgan fingerprint density at radius 1 is 1.56 bits per heavy atom. The number of carbonyl (C=O) groups excluding carboxylic acids is 2. The van der Waals surface area contributed by atoms with Gasteiger partial charge in [-0.15, -0.1) is 11.3 Å². The summed E-state index contributed by atoms with van der Waals surface area (Å²) in [6.07, 6.45) is 0.787. The first-order chi connectivity index (χ1) is 8.52. The molecule has 0 atom stereocenters. The molecule has 1 aromatic heterocycles. The van der Waals surface area contributed by atoms with E-state index in [2.05, 4.69) is 5.32 Å². The third kappa shape index (κ3) is 5.06. The molecule has 0 aliphatic rings. The van der Waals surface area contributed by atoms with Crippen molar-refractivity contribution in [1.82, 2.24) is 10.2 Å². The highest BCUT2D eigenvalue weighted by atomic mass is 35.5. The van der Waals surface area contributed by atoms with E-state index in [0.29, 0.717) is 24.0 Å². The summed E-state index contributed by atoms with van der Waals surface area (Å²) in [5, 5.41) is 2.78. The maximum atomic E-state index is 11.3. The molecule has 0 bridgehead atoms. The summed E-state index contributed by atoms with van der Waals surface area (Å²) in [5.74, 6) is -0.0363. The predicted molar refractivity (Wildman–Crippen MR) is 73.7 cm³/mol. The third-order valence-electron chi connectivity index (χ3n) is 2.36. The van der Waals surface area contributed by atoms with E-state index in [1.165, 1.54) is 11.3 Å². The average molecular weight is 289 g/mol. The Morgan fingerprint density at radius 2 is 2.28 bits per heavy atom. The Hall–Kier alpha value is -1.07. The lowest BCUT2D eigenvalue weighted by molar-refractivity contribution is -0.124. The minimum atomic E-state index is -0.0363. The molecule has 0 spiro atoms. The molecule has 0 unspecified atom stereocenters. The lowest BCUT2D eigenvalue weighted by atomic mass is 10.2. The van der Waals surface area contributed by atoms with Crippen LogP contribution < -0.4 is 5.32 Å². The Bertz CT molecular complexity index is 407. The molecule has 0 aliphatic heterocycles. The smallest absolute Gasteiger partial charge is 0.222 e. The molecule has 6 heteroatoms. The fourth-order valence-corrected chi connectivity index (χ4v) is 2.45. The Labute approximate surface area is 116 Å². The molecule has 2 amide bonds. The van der Waals surface area contributed by atoms with Crippen molar-refractivity contribution in [3.8, 4) is 0 Å². The molecule has 0 saturated heterocycles. The molecule has 1 aromatic rings. The van der Waals surface area contributed by atoms with Crippen LogP contribution in [0.3, 0.4) is 0 Å². The first-order valence-corrected chi connectivity index (χ1v) is 6.93. The third-order valence-corrected chi connectivity index (χ3v) is 3.58. The second-order valence-electron chi connectivity index (χ2n) is 4.23. The van der Waals surface area contributed by atoms with Crippen LogP contribution in [-0.2, 0) is 16.1 Å². The van der Waals surface area contributed by atoms with E-state index in [1.807, 2.05) is 26.0 Å². The number of carbonyl (C=O) groups is 2. The maximum Gasteiger partial charge on any atom is 0.222 e. The summed E-state index contributed by atoms with van der Waals surface area (Å²) in [6.45, 7) is 5.16. The Morgan fingerprint density at radius 3 is 2.78 bits per heavy atom. The van der Waals surface area contributed by atoms with Gasteiger partial charge >= 0.3 is 0 Å². The van der Waals surface area contributed by atoms with Crippen LogP contribution in [0.2, 0.25) is 4.34 Å². The number of nitrogens with zero attached hydrogens (tertiary/aromatic N) is 1.